The second-order valence-corrected chi connectivity index (χ2v) is 6.14. The molecule has 0 bridgehead atoms. The fourth-order valence-corrected chi connectivity index (χ4v) is 2.41. The number of rotatable bonds is 6. The van der Waals surface area contributed by atoms with E-state index >= 15 is 0 Å². The van der Waals surface area contributed by atoms with Gasteiger partial charge in [0.25, 0.3) is 10.2 Å². The summed E-state index contributed by atoms with van der Waals surface area (Å²) in [4.78, 5) is 0. The molecule has 0 aliphatic heterocycles. The van der Waals surface area contributed by atoms with Crippen LogP contribution >= 0.6 is 11.8 Å². The molecule has 0 aromatic rings. The smallest absolute Gasteiger partial charge is 0.279 e. The first-order valence-corrected chi connectivity index (χ1v) is 6.91. The molecule has 0 rings (SSSR count). The predicted octanol–water partition coefficient (Wildman–Crippen LogP) is -0.505. The van der Waals surface area contributed by atoms with Crippen LogP contribution in [0.25, 0.3) is 0 Å². The monoisotopic (exact) mass is 242 g/mol. The summed E-state index contributed by atoms with van der Waals surface area (Å²) in [5.74, 6) is 0. The maximum absolute atomic E-state index is 11.4. The highest BCUT2D eigenvalue weighted by atomic mass is 32.2. The molecule has 0 amide bonds. The van der Waals surface area contributed by atoms with Gasteiger partial charge in [-0.25, -0.2) is 0 Å². The van der Waals surface area contributed by atoms with Gasteiger partial charge in [0.15, 0.2) is 0 Å². The maximum atomic E-state index is 11.4. The van der Waals surface area contributed by atoms with Crippen LogP contribution in [-0.4, -0.2) is 56.1 Å². The van der Waals surface area contributed by atoms with Crippen molar-refractivity contribution in [3.8, 4) is 0 Å². The molecule has 0 aliphatic rings. The van der Waals surface area contributed by atoms with Crippen molar-refractivity contribution in [1.82, 2.24) is 9.03 Å². The topological polar surface area (TPSA) is 69.6 Å². The molecule has 0 fully saturated rings. The summed E-state index contributed by atoms with van der Waals surface area (Å²) in [6, 6.07) is -0.289. The van der Waals surface area contributed by atoms with Gasteiger partial charge in [0.2, 0.25) is 0 Å². The first-order chi connectivity index (χ1) is 6.35. The van der Waals surface area contributed by atoms with Gasteiger partial charge in [-0.1, -0.05) is 0 Å². The third-order valence-corrected chi connectivity index (χ3v) is 4.65. The van der Waals surface area contributed by atoms with E-state index in [1.54, 1.807) is 6.92 Å². The standard InChI is InChI=1S/C7H18N2O3S2/c1-6(7(5-10)13-4)8-14(11,12)9(2)3/h6-8,10H,5H2,1-4H3. The van der Waals surface area contributed by atoms with E-state index in [2.05, 4.69) is 4.72 Å². The van der Waals surface area contributed by atoms with Crippen molar-refractivity contribution in [2.45, 2.75) is 18.2 Å². The van der Waals surface area contributed by atoms with Crippen LogP contribution in [-0.2, 0) is 10.2 Å². The lowest BCUT2D eigenvalue weighted by Crippen LogP contribution is -2.46. The van der Waals surface area contributed by atoms with Gasteiger partial charge < -0.3 is 5.11 Å². The minimum atomic E-state index is -3.40. The second kappa shape index (κ2) is 5.92. The first kappa shape index (κ1) is 14.2. The third kappa shape index (κ3) is 4.14. The van der Waals surface area contributed by atoms with Crippen molar-refractivity contribution in [2.75, 3.05) is 27.0 Å². The average molecular weight is 242 g/mol. The third-order valence-electron chi connectivity index (χ3n) is 1.86. The van der Waals surface area contributed by atoms with Crippen molar-refractivity contribution in [3.05, 3.63) is 0 Å². The van der Waals surface area contributed by atoms with Crippen molar-refractivity contribution in [2.24, 2.45) is 0 Å². The number of hydrogen-bond donors (Lipinski definition) is 2. The molecular weight excluding hydrogens is 224 g/mol. The summed E-state index contributed by atoms with van der Waals surface area (Å²) in [6.45, 7) is 1.69. The number of aliphatic hydroxyl groups excluding tert-OH is 1. The molecule has 86 valence electrons. The Morgan fingerprint density at radius 3 is 2.29 bits per heavy atom. The van der Waals surface area contributed by atoms with Gasteiger partial charge in [-0.05, 0) is 13.2 Å². The first-order valence-electron chi connectivity index (χ1n) is 4.18. The van der Waals surface area contributed by atoms with Gasteiger partial charge >= 0.3 is 0 Å². The molecule has 7 heteroatoms. The molecule has 0 saturated carbocycles. The summed E-state index contributed by atoms with van der Waals surface area (Å²) >= 11 is 1.43. The van der Waals surface area contributed by atoms with Crippen LogP contribution in [0.5, 0.6) is 0 Å². The van der Waals surface area contributed by atoms with E-state index in [-0.39, 0.29) is 17.9 Å². The summed E-state index contributed by atoms with van der Waals surface area (Å²) < 4.78 is 26.4. The summed E-state index contributed by atoms with van der Waals surface area (Å²) in [6.07, 6.45) is 1.83. The van der Waals surface area contributed by atoms with Gasteiger partial charge in [0.05, 0.1) is 6.61 Å². The Hall–Kier alpha value is 0.180. The molecule has 2 unspecified atom stereocenters. The molecule has 5 nitrogen and oxygen atoms in total. The quantitative estimate of drug-likeness (QED) is 0.658. The van der Waals surface area contributed by atoms with Gasteiger partial charge in [-0.3, -0.25) is 0 Å². The second-order valence-electron chi connectivity index (χ2n) is 3.15. The van der Waals surface area contributed by atoms with E-state index in [9.17, 15) is 8.42 Å². The lowest BCUT2D eigenvalue weighted by Gasteiger charge is -2.23. The van der Waals surface area contributed by atoms with Crippen LogP contribution in [0.1, 0.15) is 6.92 Å². The minimum Gasteiger partial charge on any atom is -0.395 e. The number of thioether (sulfide) groups is 1. The molecule has 2 N–H and O–H groups in total. The number of nitrogens with zero attached hydrogens (tertiary/aromatic N) is 1. The molecule has 0 spiro atoms. The van der Waals surface area contributed by atoms with Crippen molar-refractivity contribution in [3.63, 3.8) is 0 Å². The van der Waals surface area contributed by atoms with E-state index in [0.717, 1.165) is 4.31 Å². The molecule has 14 heavy (non-hydrogen) atoms. The van der Waals surface area contributed by atoms with E-state index < -0.39 is 10.2 Å². The molecule has 0 heterocycles. The molecule has 0 aromatic carbocycles. The zero-order valence-electron chi connectivity index (χ0n) is 8.89. The van der Waals surface area contributed by atoms with Gasteiger partial charge in [0.1, 0.15) is 0 Å². The number of aliphatic hydroxyl groups is 1. The zero-order valence-corrected chi connectivity index (χ0v) is 10.5. The van der Waals surface area contributed by atoms with Crippen LogP contribution in [0.15, 0.2) is 0 Å². The summed E-state index contributed by atoms with van der Waals surface area (Å²) in [5.41, 5.74) is 0. The van der Waals surface area contributed by atoms with Gasteiger partial charge in [-0.2, -0.15) is 29.2 Å². The van der Waals surface area contributed by atoms with Crippen molar-refractivity contribution < 1.29 is 13.5 Å². The Balaban J connectivity index is 4.38. The van der Waals surface area contributed by atoms with Crippen LogP contribution in [0.4, 0.5) is 0 Å². The molecule has 2 atom stereocenters. The van der Waals surface area contributed by atoms with Gasteiger partial charge in [0, 0.05) is 25.4 Å². The Morgan fingerprint density at radius 2 is 2.00 bits per heavy atom. The number of nitrogens with one attached hydrogen (secondary N) is 1. The zero-order chi connectivity index (χ0) is 11.4. The highest BCUT2D eigenvalue weighted by Crippen LogP contribution is 2.11. The molecule has 0 aliphatic carbocycles. The van der Waals surface area contributed by atoms with Crippen molar-refractivity contribution in [1.29, 1.82) is 0 Å². The highest BCUT2D eigenvalue weighted by molar-refractivity contribution is 7.99. The van der Waals surface area contributed by atoms with Crippen LogP contribution in [0.3, 0.4) is 0 Å². The van der Waals surface area contributed by atoms with E-state index in [4.69, 9.17) is 5.11 Å². The lowest BCUT2D eigenvalue weighted by molar-refractivity contribution is 0.281. The number of hydrogen-bond acceptors (Lipinski definition) is 4. The molecule has 0 radical (unpaired) electrons. The largest absolute Gasteiger partial charge is 0.395 e. The Kier molecular flexibility index (Phi) is 5.99. The summed E-state index contributed by atoms with van der Waals surface area (Å²) in [5, 5.41) is 8.84. The van der Waals surface area contributed by atoms with E-state index in [0.29, 0.717) is 0 Å². The Labute approximate surface area is 90.1 Å². The normalized spacial score (nSPS) is 17.0. The fourth-order valence-electron chi connectivity index (χ4n) is 0.853. The molecule has 0 aromatic heterocycles. The molecule has 0 saturated heterocycles. The minimum absolute atomic E-state index is 0.0434. The predicted molar refractivity (Wildman–Crippen MR) is 59.6 cm³/mol. The van der Waals surface area contributed by atoms with Crippen LogP contribution < -0.4 is 4.72 Å². The van der Waals surface area contributed by atoms with E-state index in [1.165, 1.54) is 25.9 Å². The van der Waals surface area contributed by atoms with Crippen molar-refractivity contribution >= 4 is 22.0 Å². The Bertz CT molecular complexity index is 250. The Morgan fingerprint density at radius 1 is 1.50 bits per heavy atom. The average Bonchev–Trinajstić information content (AvgIpc) is 2.05. The summed E-state index contributed by atoms with van der Waals surface area (Å²) in [7, 11) is -0.483. The van der Waals surface area contributed by atoms with Crippen LogP contribution in [0.2, 0.25) is 0 Å². The highest BCUT2D eigenvalue weighted by Gasteiger charge is 2.22. The lowest BCUT2D eigenvalue weighted by atomic mass is 10.3. The SMILES string of the molecule is CSC(CO)C(C)NS(=O)(=O)N(C)C. The molecular formula is C7H18N2O3S2. The van der Waals surface area contributed by atoms with Gasteiger partial charge in [-0.15, -0.1) is 0 Å². The van der Waals surface area contributed by atoms with Crippen LogP contribution in [0, 0.1) is 0 Å². The van der Waals surface area contributed by atoms with E-state index in [1.807, 2.05) is 6.26 Å². The maximum Gasteiger partial charge on any atom is 0.279 e. The fraction of sp³-hybridized carbons (Fsp3) is 1.00.